The number of piperidine rings is 2. The van der Waals surface area contributed by atoms with Crippen LogP contribution in [0.25, 0.3) is 22.1 Å². The summed E-state index contributed by atoms with van der Waals surface area (Å²) < 4.78 is 113. The molecule has 6 aromatic heterocycles. The number of fused-ring (bicyclic) bond motifs is 2. The van der Waals surface area contributed by atoms with Crippen molar-refractivity contribution in [2.45, 2.75) is 49.6 Å². The van der Waals surface area contributed by atoms with Crippen molar-refractivity contribution in [1.82, 2.24) is 48.5 Å². The average molecular weight is 995 g/mol. The fourth-order valence-electron chi connectivity index (χ4n) is 8.29. The summed E-state index contributed by atoms with van der Waals surface area (Å²) in [6.45, 7) is 0.495. The quantitative estimate of drug-likeness (QED) is 0.175. The van der Waals surface area contributed by atoms with Gasteiger partial charge in [0.2, 0.25) is 0 Å². The highest BCUT2D eigenvalue weighted by atomic mass is 19.4. The number of rotatable bonds is 6. The van der Waals surface area contributed by atoms with Crippen LogP contribution >= 0.6 is 0 Å². The first kappa shape index (κ1) is 50.2. The first-order valence-corrected chi connectivity index (χ1v) is 21.2. The van der Waals surface area contributed by atoms with E-state index in [1.54, 1.807) is 36.0 Å². The van der Waals surface area contributed by atoms with Crippen molar-refractivity contribution in [1.29, 1.82) is 0 Å². The van der Waals surface area contributed by atoms with Crippen molar-refractivity contribution >= 4 is 56.9 Å². The Bertz CT molecular complexity index is 3000. The molecule has 0 saturated carbocycles. The van der Waals surface area contributed by atoms with Gasteiger partial charge in [0.25, 0.3) is 22.2 Å². The minimum atomic E-state index is -4.71. The SMILES string of the molecule is CN(C(=O)Nc1cc(C(F)(F)F)cn(C)c1=O)[C@@H]1CCN(c2cnc3[nH]n(C)c(=O)c3c2)C[C@H]1F.CN(C(=O)Nc1cc(C(F)(F)F)cn(C)c1=O)[C@H]1CCN(c2cnc3[nH]n(C)c(=O)c3c2)C[C@H]1F. The number of aryl methyl sites for hydroxylation is 4. The van der Waals surface area contributed by atoms with Crippen LogP contribution in [-0.4, -0.2) is 125 Å². The van der Waals surface area contributed by atoms with Crippen LogP contribution < -0.4 is 42.7 Å². The Morgan fingerprint density at radius 2 is 0.971 bits per heavy atom. The van der Waals surface area contributed by atoms with Gasteiger partial charge < -0.3 is 39.4 Å². The summed E-state index contributed by atoms with van der Waals surface area (Å²) >= 11 is 0. The van der Waals surface area contributed by atoms with Gasteiger partial charge in [0.1, 0.15) is 23.7 Å². The van der Waals surface area contributed by atoms with Crippen LogP contribution in [-0.2, 0) is 40.5 Å². The summed E-state index contributed by atoms with van der Waals surface area (Å²) in [5.74, 6) is 0. The van der Waals surface area contributed by atoms with Crippen LogP contribution in [0, 0.1) is 0 Å². The Morgan fingerprint density at radius 3 is 1.30 bits per heavy atom. The Labute approximate surface area is 389 Å². The Kier molecular flexibility index (Phi) is 13.6. The van der Waals surface area contributed by atoms with E-state index in [-0.39, 0.29) is 37.0 Å². The number of carbonyl (C=O) groups is 2. The number of urea groups is 2. The lowest BCUT2D eigenvalue weighted by atomic mass is 10.0. The van der Waals surface area contributed by atoms with E-state index in [4.69, 9.17) is 0 Å². The van der Waals surface area contributed by atoms with Crippen LogP contribution in [0.1, 0.15) is 24.0 Å². The molecule has 6 aromatic rings. The number of hydrogen-bond acceptors (Lipinski definition) is 10. The highest BCUT2D eigenvalue weighted by molar-refractivity contribution is 5.90. The third-order valence-electron chi connectivity index (χ3n) is 12.2. The van der Waals surface area contributed by atoms with Gasteiger partial charge in [-0.05, 0) is 37.1 Å². The number of H-pyrrole nitrogens is 2. The molecule has 0 bridgehead atoms. The van der Waals surface area contributed by atoms with Crippen molar-refractivity contribution in [3.63, 3.8) is 0 Å². The molecule has 20 nitrogen and oxygen atoms in total. The van der Waals surface area contributed by atoms with Gasteiger partial charge in [-0.3, -0.25) is 38.7 Å². The maximum Gasteiger partial charge on any atom is 0.417 e. The third kappa shape index (κ3) is 10.2. The summed E-state index contributed by atoms with van der Waals surface area (Å²) in [5.41, 5.74) is -3.58. The van der Waals surface area contributed by atoms with E-state index in [2.05, 4.69) is 30.8 Å². The number of anilines is 4. The molecule has 2 saturated heterocycles. The van der Waals surface area contributed by atoms with Crippen LogP contribution in [0.15, 0.2) is 68.2 Å². The highest BCUT2D eigenvalue weighted by Gasteiger charge is 2.38. The van der Waals surface area contributed by atoms with Crippen molar-refractivity contribution < 1.29 is 44.7 Å². The van der Waals surface area contributed by atoms with E-state index in [0.717, 1.165) is 33.0 Å². The summed E-state index contributed by atoms with van der Waals surface area (Å²) in [4.78, 5) is 88.0. The van der Waals surface area contributed by atoms with Gasteiger partial charge in [-0.1, -0.05) is 0 Å². The van der Waals surface area contributed by atoms with Crippen LogP contribution in [0.3, 0.4) is 0 Å². The molecule has 4 atom stereocenters. The number of nitrogens with zero attached hydrogens (tertiary/aromatic N) is 10. The monoisotopic (exact) mass is 994 g/mol. The predicted molar refractivity (Wildman–Crippen MR) is 241 cm³/mol. The van der Waals surface area contributed by atoms with E-state index in [1.807, 2.05) is 0 Å². The minimum Gasteiger partial charge on any atom is -0.367 e. The zero-order chi connectivity index (χ0) is 51.3. The second-order valence-corrected chi connectivity index (χ2v) is 17.0. The molecule has 376 valence electrons. The third-order valence-corrected chi connectivity index (χ3v) is 12.2. The minimum absolute atomic E-state index is 0.0917. The topological polar surface area (TPSA) is 217 Å². The van der Waals surface area contributed by atoms with Gasteiger partial charge in [0, 0.05) is 67.8 Å². The fourth-order valence-corrected chi connectivity index (χ4v) is 8.29. The number of pyridine rings is 4. The number of nitrogens with one attached hydrogen (secondary N) is 4. The predicted octanol–water partition coefficient (Wildman–Crippen LogP) is 4.12. The second kappa shape index (κ2) is 19.0. The molecule has 2 aliphatic heterocycles. The molecule has 70 heavy (non-hydrogen) atoms. The van der Waals surface area contributed by atoms with E-state index in [1.165, 1.54) is 35.9 Å². The zero-order valence-electron chi connectivity index (χ0n) is 38.1. The number of alkyl halides is 8. The van der Waals surface area contributed by atoms with Gasteiger partial charge in [-0.15, -0.1) is 0 Å². The Balaban J connectivity index is 0.000000206. The van der Waals surface area contributed by atoms with E-state index in [0.29, 0.717) is 71.1 Å². The van der Waals surface area contributed by atoms with Gasteiger partial charge in [0.05, 0.1) is 70.8 Å². The normalized spacial score (nSPS) is 18.7. The number of halogens is 8. The second-order valence-electron chi connectivity index (χ2n) is 17.0. The van der Waals surface area contributed by atoms with Gasteiger partial charge in [-0.2, -0.15) is 26.3 Å². The summed E-state index contributed by atoms with van der Waals surface area (Å²) in [6.07, 6.45) is -7.73. The number of aromatic nitrogens is 8. The highest BCUT2D eigenvalue weighted by Crippen LogP contribution is 2.32. The molecule has 4 N–H and O–H groups in total. The molecule has 0 radical (unpaired) electrons. The van der Waals surface area contributed by atoms with Crippen molar-refractivity contribution in [3.05, 3.63) is 102 Å². The molecular formula is C42H46F8N14O6. The van der Waals surface area contributed by atoms with Crippen molar-refractivity contribution in [2.24, 2.45) is 28.2 Å². The number of amides is 4. The molecule has 2 fully saturated rings. The average Bonchev–Trinajstić information content (AvgIpc) is 3.75. The van der Waals surface area contributed by atoms with Crippen LogP contribution in [0.4, 0.5) is 67.5 Å². The van der Waals surface area contributed by atoms with Gasteiger partial charge in [-0.25, -0.2) is 28.3 Å². The maximum absolute atomic E-state index is 15.1. The lowest BCUT2D eigenvalue weighted by molar-refractivity contribution is -0.138. The van der Waals surface area contributed by atoms with Gasteiger partial charge in [0.15, 0.2) is 11.3 Å². The molecule has 8 heterocycles. The van der Waals surface area contributed by atoms with Crippen LogP contribution in [0.2, 0.25) is 0 Å². The van der Waals surface area contributed by atoms with Crippen molar-refractivity contribution in [2.75, 3.05) is 60.7 Å². The summed E-state index contributed by atoms with van der Waals surface area (Å²) in [7, 11) is 8.03. The molecule has 0 aromatic carbocycles. The molecular weight excluding hydrogens is 949 g/mol. The first-order chi connectivity index (χ1) is 32.7. The molecule has 0 unspecified atom stereocenters. The summed E-state index contributed by atoms with van der Waals surface area (Å²) in [5, 5.41) is 10.7. The molecule has 8 rings (SSSR count). The Morgan fingerprint density at radius 1 is 0.614 bits per heavy atom. The van der Waals surface area contributed by atoms with E-state index < -0.39 is 82.5 Å². The number of carbonyl (C=O) groups excluding carboxylic acids is 2. The number of aromatic amines is 2. The lowest BCUT2D eigenvalue weighted by Gasteiger charge is -2.39. The maximum atomic E-state index is 15.1. The van der Waals surface area contributed by atoms with E-state index in [9.17, 15) is 55.1 Å². The van der Waals surface area contributed by atoms with Crippen molar-refractivity contribution in [3.8, 4) is 0 Å². The van der Waals surface area contributed by atoms with E-state index >= 15 is 8.78 Å². The Hall–Kier alpha value is -7.68. The standard InChI is InChI=1S/2C21H23F4N7O3/c2*1-29-9-11(21(23,24)25)6-15(19(29)34)27-20(35)30(2)16-4-5-32(10-14(16)22)12-7-13-17(26-8-12)28-31(3)18(13)33/h2*6-9,14,16H,4-5,10H2,1-3H3,(H,26,28)(H,27,35)/t14-,16+;14-,16-/m11/s1. The largest absolute Gasteiger partial charge is 0.417 e. The molecule has 0 aliphatic carbocycles. The molecule has 0 spiro atoms. The zero-order valence-corrected chi connectivity index (χ0v) is 38.1. The van der Waals surface area contributed by atoms with Crippen LogP contribution in [0.5, 0.6) is 0 Å². The molecule has 28 heteroatoms. The lowest BCUT2D eigenvalue weighted by Crippen LogP contribution is -2.54. The first-order valence-electron chi connectivity index (χ1n) is 21.2. The molecule has 2 aliphatic rings. The number of hydrogen-bond donors (Lipinski definition) is 4. The smallest absolute Gasteiger partial charge is 0.367 e. The summed E-state index contributed by atoms with van der Waals surface area (Å²) in [6, 6.07) is 0.788. The fraction of sp³-hybridized carbons (Fsp3) is 0.429. The molecule has 4 amide bonds. The van der Waals surface area contributed by atoms with Gasteiger partial charge >= 0.3 is 24.4 Å².